The van der Waals surface area contributed by atoms with Crippen molar-refractivity contribution < 1.29 is 19.1 Å². The average Bonchev–Trinajstić information content (AvgIpc) is 3.38. The number of methoxy groups -OCH3 is 1. The molecule has 31 heavy (non-hydrogen) atoms. The molecule has 0 radical (unpaired) electrons. The lowest BCUT2D eigenvalue weighted by atomic mass is 10.0. The zero-order valence-electron chi connectivity index (χ0n) is 18.1. The summed E-state index contributed by atoms with van der Waals surface area (Å²) in [5.41, 5.74) is 4.93. The minimum Gasteiger partial charge on any atom is -0.496 e. The van der Waals surface area contributed by atoms with E-state index in [-0.39, 0.29) is 11.8 Å². The Bertz CT molecular complexity index is 941. The number of nitrogens with one attached hydrogen (secondary N) is 1. The fourth-order valence-corrected chi connectivity index (χ4v) is 4.27. The molecule has 0 bridgehead atoms. The van der Waals surface area contributed by atoms with Crippen LogP contribution < -0.4 is 14.8 Å². The van der Waals surface area contributed by atoms with Crippen LogP contribution in [0, 0.1) is 0 Å². The maximum Gasteiger partial charge on any atom is 0.229 e. The second kappa shape index (κ2) is 9.96. The zero-order valence-corrected chi connectivity index (χ0v) is 18.1. The van der Waals surface area contributed by atoms with Gasteiger partial charge in [0.15, 0.2) is 0 Å². The highest BCUT2D eigenvalue weighted by Gasteiger charge is 2.28. The van der Waals surface area contributed by atoms with Gasteiger partial charge in [0, 0.05) is 32.4 Å². The normalized spacial score (nSPS) is 15.3. The van der Waals surface area contributed by atoms with Crippen LogP contribution in [-0.2, 0) is 35.4 Å². The van der Waals surface area contributed by atoms with E-state index in [4.69, 9.17) is 9.47 Å². The molecule has 0 aliphatic carbocycles. The summed E-state index contributed by atoms with van der Waals surface area (Å²) < 4.78 is 11.2. The van der Waals surface area contributed by atoms with E-state index in [1.165, 1.54) is 21.6 Å². The molecule has 0 saturated carbocycles. The van der Waals surface area contributed by atoms with Gasteiger partial charge in [-0.15, -0.1) is 0 Å². The molecule has 0 aromatic heterocycles. The zero-order chi connectivity index (χ0) is 21.6. The number of carbonyl (C=O) groups excluding carboxylic acids is 2. The Kier molecular flexibility index (Phi) is 6.87. The number of imide groups is 1. The molecule has 6 heteroatoms. The lowest BCUT2D eigenvalue weighted by Crippen LogP contribution is -2.30. The second-order valence-corrected chi connectivity index (χ2v) is 8.16. The van der Waals surface area contributed by atoms with Gasteiger partial charge in [-0.05, 0) is 60.2 Å². The first-order valence-electron chi connectivity index (χ1n) is 11.1. The van der Waals surface area contributed by atoms with E-state index in [2.05, 4.69) is 41.7 Å². The monoisotopic (exact) mass is 422 g/mol. The van der Waals surface area contributed by atoms with Crippen molar-refractivity contribution in [2.45, 2.75) is 45.1 Å². The average molecular weight is 423 g/mol. The number of ether oxygens (including phenoxy) is 2. The van der Waals surface area contributed by atoms with Crippen molar-refractivity contribution >= 4 is 11.8 Å². The summed E-state index contributed by atoms with van der Waals surface area (Å²) in [5.74, 6) is 1.79. The van der Waals surface area contributed by atoms with Crippen LogP contribution in [0.1, 0.15) is 41.5 Å². The SMILES string of the molecule is COc1cc(CNCCc2ccc3c(c2)CCO3)ccc1CCCN1C(=O)CCC1=O. The Morgan fingerprint density at radius 3 is 2.61 bits per heavy atom. The fourth-order valence-electron chi connectivity index (χ4n) is 4.27. The molecule has 2 aliphatic heterocycles. The molecule has 4 rings (SSSR count). The molecule has 0 unspecified atom stereocenters. The van der Waals surface area contributed by atoms with Crippen LogP contribution >= 0.6 is 0 Å². The molecule has 0 atom stereocenters. The lowest BCUT2D eigenvalue weighted by molar-refractivity contribution is -0.138. The van der Waals surface area contributed by atoms with Gasteiger partial charge >= 0.3 is 0 Å². The van der Waals surface area contributed by atoms with Gasteiger partial charge in [-0.1, -0.05) is 24.3 Å². The van der Waals surface area contributed by atoms with Crippen molar-refractivity contribution in [1.29, 1.82) is 0 Å². The van der Waals surface area contributed by atoms with Crippen LogP contribution in [-0.4, -0.2) is 43.5 Å². The van der Waals surface area contributed by atoms with Crippen molar-refractivity contribution in [3.8, 4) is 11.5 Å². The van der Waals surface area contributed by atoms with Gasteiger partial charge in [-0.3, -0.25) is 14.5 Å². The summed E-state index contributed by atoms with van der Waals surface area (Å²) in [7, 11) is 1.68. The topological polar surface area (TPSA) is 67.9 Å². The van der Waals surface area contributed by atoms with Crippen molar-refractivity contribution in [3.63, 3.8) is 0 Å². The van der Waals surface area contributed by atoms with Crippen molar-refractivity contribution in [2.75, 3.05) is 26.8 Å². The summed E-state index contributed by atoms with van der Waals surface area (Å²) in [6.07, 6.45) is 4.21. The second-order valence-electron chi connectivity index (χ2n) is 8.16. The molecule has 1 N–H and O–H groups in total. The first kappa shape index (κ1) is 21.4. The predicted molar refractivity (Wildman–Crippen MR) is 118 cm³/mol. The highest BCUT2D eigenvalue weighted by atomic mass is 16.5. The van der Waals surface area contributed by atoms with Crippen molar-refractivity contribution in [1.82, 2.24) is 10.2 Å². The first-order valence-corrected chi connectivity index (χ1v) is 11.1. The van der Waals surface area contributed by atoms with E-state index >= 15 is 0 Å². The number of carbonyl (C=O) groups is 2. The van der Waals surface area contributed by atoms with Crippen LogP contribution in [0.3, 0.4) is 0 Å². The van der Waals surface area contributed by atoms with Gasteiger partial charge in [0.1, 0.15) is 11.5 Å². The standard InChI is InChI=1S/C25H30N2O4/c1-30-23-16-19(4-6-20(23)3-2-13-27-24(28)8-9-25(27)29)17-26-12-10-18-5-7-22-21(15-18)11-14-31-22/h4-7,15-16,26H,2-3,8-14,17H2,1H3. The van der Waals surface area contributed by atoms with E-state index in [9.17, 15) is 9.59 Å². The van der Waals surface area contributed by atoms with E-state index in [1.807, 2.05) is 0 Å². The Morgan fingerprint density at radius 1 is 1.00 bits per heavy atom. The Balaban J connectivity index is 1.23. The fraction of sp³-hybridized carbons (Fsp3) is 0.440. The summed E-state index contributed by atoms with van der Waals surface area (Å²) >= 11 is 0. The number of benzene rings is 2. The number of rotatable bonds is 10. The number of hydrogen-bond donors (Lipinski definition) is 1. The summed E-state index contributed by atoms with van der Waals surface area (Å²) in [4.78, 5) is 24.8. The molecular formula is C25H30N2O4. The predicted octanol–water partition coefficient (Wildman–Crippen LogP) is 3.04. The summed E-state index contributed by atoms with van der Waals surface area (Å²) in [5, 5.41) is 3.51. The largest absolute Gasteiger partial charge is 0.496 e. The van der Waals surface area contributed by atoms with Gasteiger partial charge in [0.2, 0.25) is 11.8 Å². The highest BCUT2D eigenvalue weighted by Crippen LogP contribution is 2.26. The molecule has 2 amide bonds. The number of likely N-dealkylation sites (tertiary alicyclic amines) is 1. The number of amides is 2. The van der Waals surface area contributed by atoms with Crippen molar-refractivity contribution in [3.05, 3.63) is 58.7 Å². The number of fused-ring (bicyclic) bond motifs is 1. The number of nitrogens with zero attached hydrogens (tertiary/aromatic N) is 1. The molecule has 1 saturated heterocycles. The summed E-state index contributed by atoms with van der Waals surface area (Å²) in [6, 6.07) is 12.8. The van der Waals surface area contributed by atoms with E-state index in [1.54, 1.807) is 7.11 Å². The molecule has 2 aromatic rings. The number of hydrogen-bond acceptors (Lipinski definition) is 5. The van der Waals surface area contributed by atoms with E-state index in [0.29, 0.717) is 19.4 Å². The molecule has 164 valence electrons. The molecule has 1 fully saturated rings. The lowest BCUT2D eigenvalue weighted by Gasteiger charge is -2.15. The van der Waals surface area contributed by atoms with Crippen LogP contribution in [0.15, 0.2) is 36.4 Å². The number of aryl methyl sites for hydroxylation is 1. The Morgan fingerprint density at radius 2 is 1.81 bits per heavy atom. The van der Waals surface area contributed by atoms with Gasteiger partial charge < -0.3 is 14.8 Å². The smallest absolute Gasteiger partial charge is 0.229 e. The summed E-state index contributed by atoms with van der Waals surface area (Å²) in [6.45, 7) is 2.96. The van der Waals surface area contributed by atoms with Gasteiger partial charge in [0.05, 0.1) is 13.7 Å². The molecule has 2 aromatic carbocycles. The minimum absolute atomic E-state index is 0.0494. The molecule has 2 aliphatic rings. The Hall–Kier alpha value is -2.86. The van der Waals surface area contributed by atoms with Crippen LogP contribution in [0.5, 0.6) is 11.5 Å². The van der Waals surface area contributed by atoms with Crippen LogP contribution in [0.2, 0.25) is 0 Å². The molecule has 0 spiro atoms. The minimum atomic E-state index is -0.0494. The molecular weight excluding hydrogens is 392 g/mol. The van der Waals surface area contributed by atoms with Gasteiger partial charge in [-0.25, -0.2) is 0 Å². The van der Waals surface area contributed by atoms with E-state index in [0.717, 1.165) is 62.4 Å². The third kappa shape index (κ3) is 5.25. The molecule has 2 heterocycles. The Labute approximate surface area is 183 Å². The van der Waals surface area contributed by atoms with E-state index < -0.39 is 0 Å². The van der Waals surface area contributed by atoms with Crippen LogP contribution in [0.4, 0.5) is 0 Å². The van der Waals surface area contributed by atoms with Gasteiger partial charge in [0.25, 0.3) is 0 Å². The van der Waals surface area contributed by atoms with Crippen molar-refractivity contribution in [2.24, 2.45) is 0 Å². The first-order chi connectivity index (χ1) is 15.1. The highest BCUT2D eigenvalue weighted by molar-refractivity contribution is 6.01. The van der Waals surface area contributed by atoms with Gasteiger partial charge in [-0.2, -0.15) is 0 Å². The maximum absolute atomic E-state index is 11.7. The van der Waals surface area contributed by atoms with Crippen LogP contribution in [0.25, 0.3) is 0 Å². The molecule has 6 nitrogen and oxygen atoms in total. The third-order valence-corrected chi connectivity index (χ3v) is 6.01. The third-order valence-electron chi connectivity index (χ3n) is 6.01. The maximum atomic E-state index is 11.7. The quantitative estimate of drug-likeness (QED) is 0.471.